The van der Waals surface area contributed by atoms with Crippen molar-refractivity contribution in [3.63, 3.8) is 0 Å². The lowest BCUT2D eigenvalue weighted by Crippen LogP contribution is -2.28. The topological polar surface area (TPSA) is 43.4 Å². The molecule has 4 heteroatoms. The highest BCUT2D eigenvalue weighted by Gasteiger charge is 2.23. The standard InChI is InChI=1S/C15H20O3S/c1-11-3-4-12(2)14(9-11)15(16)10-19(17)13-5-7-18-8-6-13/h3-4,9,13H,5-8,10H2,1-2H3. The van der Waals surface area contributed by atoms with E-state index in [1.807, 2.05) is 32.0 Å². The second kappa shape index (κ2) is 6.44. The number of Topliss-reactive ketones (excluding diaryl/α,β-unsaturated/α-hetero) is 1. The van der Waals surface area contributed by atoms with Crippen LogP contribution in [0.15, 0.2) is 18.2 Å². The maximum absolute atomic E-state index is 12.2. The van der Waals surface area contributed by atoms with Crippen LogP contribution in [0.4, 0.5) is 0 Å². The number of hydrogen-bond donors (Lipinski definition) is 0. The monoisotopic (exact) mass is 280 g/mol. The molecule has 19 heavy (non-hydrogen) atoms. The Morgan fingerprint density at radius 1 is 1.32 bits per heavy atom. The van der Waals surface area contributed by atoms with Crippen molar-refractivity contribution in [2.24, 2.45) is 0 Å². The van der Waals surface area contributed by atoms with Gasteiger partial charge < -0.3 is 4.74 Å². The number of ketones is 1. The van der Waals surface area contributed by atoms with Crippen LogP contribution in [-0.2, 0) is 15.5 Å². The minimum absolute atomic E-state index is 0.00831. The molecule has 1 aliphatic rings. The van der Waals surface area contributed by atoms with Crippen LogP contribution in [0.2, 0.25) is 0 Å². The normalized spacial score (nSPS) is 18.2. The summed E-state index contributed by atoms with van der Waals surface area (Å²) in [4.78, 5) is 12.2. The largest absolute Gasteiger partial charge is 0.381 e. The van der Waals surface area contributed by atoms with Gasteiger partial charge in [0.05, 0.1) is 5.75 Å². The molecule has 1 unspecified atom stereocenters. The van der Waals surface area contributed by atoms with E-state index in [1.54, 1.807) is 0 Å². The zero-order chi connectivity index (χ0) is 13.8. The van der Waals surface area contributed by atoms with Crippen molar-refractivity contribution in [3.05, 3.63) is 34.9 Å². The Morgan fingerprint density at radius 3 is 2.68 bits per heavy atom. The fraction of sp³-hybridized carbons (Fsp3) is 0.533. The fourth-order valence-corrected chi connectivity index (χ4v) is 3.67. The molecule has 2 rings (SSSR count). The number of carbonyl (C=O) groups is 1. The Labute approximate surface area is 116 Å². The number of carbonyl (C=O) groups excluding carboxylic acids is 1. The van der Waals surface area contributed by atoms with Gasteiger partial charge in [-0.2, -0.15) is 0 Å². The molecule has 1 aromatic carbocycles. The number of ether oxygens (including phenoxy) is 1. The molecule has 0 radical (unpaired) electrons. The SMILES string of the molecule is Cc1ccc(C)c(C(=O)CS(=O)C2CCOCC2)c1. The minimum Gasteiger partial charge on any atom is -0.381 e. The maximum Gasteiger partial charge on any atom is 0.175 e. The molecule has 1 atom stereocenters. The van der Waals surface area contributed by atoms with Crippen molar-refractivity contribution in [3.8, 4) is 0 Å². The molecule has 0 aromatic heterocycles. The first kappa shape index (κ1) is 14.4. The van der Waals surface area contributed by atoms with E-state index < -0.39 is 10.8 Å². The Bertz CT molecular complexity index is 490. The van der Waals surface area contributed by atoms with Gasteiger partial charge in [-0.15, -0.1) is 0 Å². The summed E-state index contributed by atoms with van der Waals surface area (Å²) in [6, 6.07) is 5.82. The van der Waals surface area contributed by atoms with E-state index in [-0.39, 0.29) is 16.8 Å². The molecule has 1 aliphatic heterocycles. The van der Waals surface area contributed by atoms with Crippen molar-refractivity contribution in [1.82, 2.24) is 0 Å². The predicted molar refractivity (Wildman–Crippen MR) is 77.1 cm³/mol. The summed E-state index contributed by atoms with van der Waals surface area (Å²) in [6.07, 6.45) is 1.60. The van der Waals surface area contributed by atoms with Gasteiger partial charge in [0.2, 0.25) is 0 Å². The highest BCUT2D eigenvalue weighted by molar-refractivity contribution is 7.86. The summed E-state index contributed by atoms with van der Waals surface area (Å²) in [5.74, 6) is 0.126. The van der Waals surface area contributed by atoms with E-state index in [1.165, 1.54) is 0 Å². The number of aryl methyl sites for hydroxylation is 2. The summed E-state index contributed by atoms with van der Waals surface area (Å²) < 4.78 is 17.5. The molecule has 1 saturated heterocycles. The molecule has 1 fully saturated rings. The Kier molecular flexibility index (Phi) is 4.88. The van der Waals surface area contributed by atoms with Gasteiger partial charge in [-0.25, -0.2) is 0 Å². The van der Waals surface area contributed by atoms with E-state index in [9.17, 15) is 9.00 Å². The number of hydrogen-bond acceptors (Lipinski definition) is 3. The second-order valence-electron chi connectivity index (χ2n) is 5.08. The van der Waals surface area contributed by atoms with Crippen LogP contribution in [0.5, 0.6) is 0 Å². The summed E-state index contributed by atoms with van der Waals surface area (Å²) in [6.45, 7) is 5.21. The Morgan fingerprint density at radius 2 is 2.00 bits per heavy atom. The van der Waals surface area contributed by atoms with Crippen molar-refractivity contribution >= 4 is 16.6 Å². The molecule has 0 bridgehead atoms. The van der Waals surface area contributed by atoms with Crippen LogP contribution < -0.4 is 0 Å². The van der Waals surface area contributed by atoms with Gasteiger partial charge in [0, 0.05) is 34.8 Å². The van der Waals surface area contributed by atoms with E-state index >= 15 is 0 Å². The molecule has 104 valence electrons. The van der Waals surface area contributed by atoms with Crippen LogP contribution in [0, 0.1) is 13.8 Å². The van der Waals surface area contributed by atoms with Gasteiger partial charge in [-0.3, -0.25) is 9.00 Å². The molecular weight excluding hydrogens is 260 g/mol. The van der Waals surface area contributed by atoms with Crippen LogP contribution in [-0.4, -0.2) is 34.2 Å². The molecule has 3 nitrogen and oxygen atoms in total. The van der Waals surface area contributed by atoms with E-state index in [4.69, 9.17) is 4.74 Å². The van der Waals surface area contributed by atoms with Crippen LogP contribution in [0.25, 0.3) is 0 Å². The lowest BCUT2D eigenvalue weighted by atomic mass is 10.0. The van der Waals surface area contributed by atoms with Crippen LogP contribution in [0.1, 0.15) is 34.3 Å². The van der Waals surface area contributed by atoms with Gasteiger partial charge in [-0.1, -0.05) is 17.7 Å². The predicted octanol–water partition coefficient (Wildman–Crippen LogP) is 2.41. The zero-order valence-corrected chi connectivity index (χ0v) is 12.3. The molecule has 0 amide bonds. The second-order valence-corrected chi connectivity index (χ2v) is 6.80. The molecule has 1 heterocycles. The van der Waals surface area contributed by atoms with Gasteiger partial charge in [-0.05, 0) is 38.3 Å². The van der Waals surface area contributed by atoms with E-state index in [0.29, 0.717) is 18.8 Å². The summed E-state index contributed by atoms with van der Waals surface area (Å²) in [5.41, 5.74) is 2.73. The summed E-state index contributed by atoms with van der Waals surface area (Å²) in [7, 11) is -1.08. The number of benzene rings is 1. The first-order valence-electron chi connectivity index (χ1n) is 6.63. The van der Waals surface area contributed by atoms with Crippen molar-refractivity contribution in [2.45, 2.75) is 31.9 Å². The quantitative estimate of drug-likeness (QED) is 0.796. The van der Waals surface area contributed by atoms with Gasteiger partial charge >= 0.3 is 0 Å². The molecule has 0 aliphatic carbocycles. The fourth-order valence-electron chi connectivity index (χ4n) is 2.30. The lowest BCUT2D eigenvalue weighted by molar-refractivity contribution is 0.0980. The first-order chi connectivity index (χ1) is 9.08. The minimum atomic E-state index is -1.08. The zero-order valence-electron chi connectivity index (χ0n) is 11.5. The average molecular weight is 280 g/mol. The van der Waals surface area contributed by atoms with Gasteiger partial charge in [0.25, 0.3) is 0 Å². The third kappa shape index (κ3) is 3.74. The van der Waals surface area contributed by atoms with Crippen molar-refractivity contribution in [2.75, 3.05) is 19.0 Å². The highest BCUT2D eigenvalue weighted by atomic mass is 32.2. The average Bonchev–Trinajstić information content (AvgIpc) is 2.42. The summed E-state index contributed by atoms with van der Waals surface area (Å²) >= 11 is 0. The molecular formula is C15H20O3S. The van der Waals surface area contributed by atoms with Crippen molar-refractivity contribution < 1.29 is 13.7 Å². The highest BCUT2D eigenvalue weighted by Crippen LogP contribution is 2.16. The summed E-state index contributed by atoms with van der Waals surface area (Å²) in [5, 5.41) is 0.114. The Balaban J connectivity index is 2.04. The van der Waals surface area contributed by atoms with E-state index in [2.05, 4.69) is 0 Å². The maximum atomic E-state index is 12.2. The van der Waals surface area contributed by atoms with Gasteiger partial charge in [0.15, 0.2) is 5.78 Å². The molecule has 0 spiro atoms. The molecule has 0 saturated carbocycles. The van der Waals surface area contributed by atoms with Crippen LogP contribution in [0.3, 0.4) is 0 Å². The first-order valence-corrected chi connectivity index (χ1v) is 8.01. The Hall–Kier alpha value is -1.00. The molecule has 1 aromatic rings. The third-order valence-corrected chi connectivity index (χ3v) is 5.27. The molecule has 0 N–H and O–H groups in total. The van der Waals surface area contributed by atoms with Crippen molar-refractivity contribution in [1.29, 1.82) is 0 Å². The lowest BCUT2D eigenvalue weighted by Gasteiger charge is -2.21. The number of rotatable bonds is 4. The van der Waals surface area contributed by atoms with E-state index in [0.717, 1.165) is 24.0 Å². The van der Waals surface area contributed by atoms with Gasteiger partial charge in [0.1, 0.15) is 0 Å². The van der Waals surface area contributed by atoms with Crippen LogP contribution >= 0.6 is 0 Å². The third-order valence-electron chi connectivity index (χ3n) is 3.51. The smallest absolute Gasteiger partial charge is 0.175 e.